The molecule has 2 aromatic carbocycles. The van der Waals surface area contributed by atoms with Crippen molar-refractivity contribution in [3.8, 4) is 5.75 Å². The largest absolute Gasteiger partial charge is 0.506 e. The van der Waals surface area contributed by atoms with E-state index in [1.54, 1.807) is 24.4 Å². The van der Waals surface area contributed by atoms with Crippen molar-refractivity contribution in [2.45, 2.75) is 6.92 Å². The molecular formula is C18H14N4O2. The molecule has 2 N–H and O–H groups in total. The van der Waals surface area contributed by atoms with Crippen LogP contribution in [0.2, 0.25) is 0 Å². The molecule has 0 spiro atoms. The number of aromatic nitrogens is 3. The van der Waals surface area contributed by atoms with Crippen LogP contribution < -0.4 is 5.32 Å². The van der Waals surface area contributed by atoms with Crippen LogP contribution in [0.15, 0.2) is 42.6 Å². The lowest BCUT2D eigenvalue weighted by molar-refractivity contribution is 0.0955. The van der Waals surface area contributed by atoms with E-state index in [1.807, 2.05) is 25.1 Å². The van der Waals surface area contributed by atoms with Crippen molar-refractivity contribution in [3.63, 3.8) is 0 Å². The first kappa shape index (κ1) is 14.3. The third-order valence-corrected chi connectivity index (χ3v) is 3.92. The summed E-state index contributed by atoms with van der Waals surface area (Å²) < 4.78 is 0. The number of amides is 1. The zero-order valence-electron chi connectivity index (χ0n) is 12.9. The van der Waals surface area contributed by atoms with Gasteiger partial charge in [-0.3, -0.25) is 4.79 Å². The normalized spacial score (nSPS) is 11.2. The van der Waals surface area contributed by atoms with Crippen molar-refractivity contribution in [1.29, 1.82) is 0 Å². The van der Waals surface area contributed by atoms with Crippen LogP contribution in [0.5, 0.6) is 5.75 Å². The third kappa shape index (κ3) is 2.04. The van der Waals surface area contributed by atoms with Crippen LogP contribution in [0.25, 0.3) is 33.0 Å². The van der Waals surface area contributed by atoms with E-state index in [1.165, 1.54) is 0 Å². The summed E-state index contributed by atoms with van der Waals surface area (Å²) in [6.45, 7) is 2.28. The number of fused-ring (bicyclic) bond motifs is 4. The molecule has 0 aliphatic carbocycles. The molecule has 24 heavy (non-hydrogen) atoms. The number of nitrogens with zero attached hydrogens (tertiary/aromatic N) is 3. The van der Waals surface area contributed by atoms with E-state index in [4.69, 9.17) is 0 Å². The van der Waals surface area contributed by atoms with E-state index >= 15 is 0 Å². The second-order valence-electron chi connectivity index (χ2n) is 5.40. The number of pyridine rings is 1. The monoisotopic (exact) mass is 318 g/mol. The number of benzene rings is 2. The van der Waals surface area contributed by atoms with Crippen molar-refractivity contribution >= 4 is 38.9 Å². The van der Waals surface area contributed by atoms with Crippen LogP contribution >= 0.6 is 0 Å². The standard InChI is InChI=1S/C18H14N4O2/c1-2-19-18(24)13-15-14(10-6-3-4-7-11(10)16(13)23)22-17-12(21-15)8-5-9-20-17/h3-9,23H,2H2,1H3,(H,19,24). The molecule has 0 unspecified atom stereocenters. The number of hydrogen-bond donors (Lipinski definition) is 2. The highest BCUT2D eigenvalue weighted by Crippen LogP contribution is 2.36. The fraction of sp³-hybridized carbons (Fsp3) is 0.111. The predicted molar refractivity (Wildman–Crippen MR) is 92.0 cm³/mol. The van der Waals surface area contributed by atoms with Gasteiger partial charge in [-0.2, -0.15) is 0 Å². The van der Waals surface area contributed by atoms with Gasteiger partial charge in [0, 0.05) is 23.5 Å². The Bertz CT molecular complexity index is 1110. The summed E-state index contributed by atoms with van der Waals surface area (Å²) in [6, 6.07) is 10.8. The Labute approximate surface area is 137 Å². The molecule has 2 heterocycles. The maximum Gasteiger partial charge on any atom is 0.257 e. The molecule has 0 atom stereocenters. The Morgan fingerprint density at radius 2 is 1.88 bits per heavy atom. The zero-order valence-corrected chi connectivity index (χ0v) is 12.9. The van der Waals surface area contributed by atoms with Gasteiger partial charge in [0.2, 0.25) is 0 Å². The van der Waals surface area contributed by atoms with Crippen molar-refractivity contribution in [2.24, 2.45) is 0 Å². The average Bonchev–Trinajstić information content (AvgIpc) is 2.61. The van der Waals surface area contributed by atoms with Crippen LogP contribution in [-0.2, 0) is 0 Å². The molecule has 6 nitrogen and oxygen atoms in total. The van der Waals surface area contributed by atoms with Crippen molar-refractivity contribution in [2.75, 3.05) is 6.54 Å². The van der Waals surface area contributed by atoms with Crippen molar-refractivity contribution in [1.82, 2.24) is 20.3 Å². The van der Waals surface area contributed by atoms with Crippen LogP contribution in [0, 0.1) is 0 Å². The highest BCUT2D eigenvalue weighted by Gasteiger charge is 2.21. The molecule has 1 amide bonds. The van der Waals surface area contributed by atoms with Crippen LogP contribution in [-0.4, -0.2) is 32.5 Å². The van der Waals surface area contributed by atoms with Gasteiger partial charge >= 0.3 is 0 Å². The number of nitrogens with one attached hydrogen (secondary N) is 1. The molecule has 118 valence electrons. The summed E-state index contributed by atoms with van der Waals surface area (Å²) in [4.78, 5) is 25.9. The topological polar surface area (TPSA) is 88.0 Å². The first-order valence-corrected chi connectivity index (χ1v) is 7.65. The highest BCUT2D eigenvalue weighted by molar-refractivity contribution is 6.18. The molecule has 0 bridgehead atoms. The number of aromatic hydroxyl groups is 1. The number of hydrogen-bond acceptors (Lipinski definition) is 5. The minimum atomic E-state index is -0.372. The summed E-state index contributed by atoms with van der Waals surface area (Å²) in [5.74, 6) is -0.454. The molecule has 4 aromatic rings. The zero-order chi connectivity index (χ0) is 16.7. The molecule has 4 rings (SSSR count). The molecule has 0 saturated carbocycles. The Hall–Kier alpha value is -3.28. The lowest BCUT2D eigenvalue weighted by atomic mass is 10.0. The summed E-state index contributed by atoms with van der Waals surface area (Å²) in [7, 11) is 0. The number of carbonyl (C=O) groups is 1. The highest BCUT2D eigenvalue weighted by atomic mass is 16.3. The number of phenolic OH excluding ortho intramolecular Hbond substituents is 1. The predicted octanol–water partition coefficient (Wildman–Crippen LogP) is 2.79. The lowest BCUT2D eigenvalue weighted by Gasteiger charge is -2.12. The summed E-state index contributed by atoms with van der Waals surface area (Å²) in [6.07, 6.45) is 1.65. The number of phenols is 1. The first-order chi connectivity index (χ1) is 11.7. The molecule has 0 aliphatic heterocycles. The minimum absolute atomic E-state index is 0.0819. The van der Waals surface area contributed by atoms with E-state index in [0.717, 1.165) is 5.39 Å². The second kappa shape index (κ2) is 5.42. The Morgan fingerprint density at radius 1 is 1.08 bits per heavy atom. The molecule has 2 aromatic heterocycles. The van der Waals surface area contributed by atoms with Gasteiger partial charge in [-0.15, -0.1) is 0 Å². The van der Waals surface area contributed by atoms with E-state index in [0.29, 0.717) is 34.1 Å². The van der Waals surface area contributed by atoms with Crippen molar-refractivity contribution in [3.05, 3.63) is 48.2 Å². The fourth-order valence-corrected chi connectivity index (χ4v) is 2.86. The second-order valence-corrected chi connectivity index (χ2v) is 5.40. The van der Waals surface area contributed by atoms with Gasteiger partial charge < -0.3 is 10.4 Å². The maximum absolute atomic E-state index is 12.5. The molecule has 0 fully saturated rings. The molecule has 0 aliphatic rings. The van der Waals surface area contributed by atoms with Gasteiger partial charge in [0.05, 0.1) is 0 Å². The quantitative estimate of drug-likeness (QED) is 0.438. The molecule has 0 radical (unpaired) electrons. The summed E-state index contributed by atoms with van der Waals surface area (Å²) >= 11 is 0. The van der Waals surface area contributed by atoms with Crippen LogP contribution in [0.3, 0.4) is 0 Å². The summed E-state index contributed by atoms with van der Waals surface area (Å²) in [5, 5.41) is 14.7. The minimum Gasteiger partial charge on any atom is -0.506 e. The van der Waals surface area contributed by atoms with Gasteiger partial charge in [-0.25, -0.2) is 15.0 Å². The SMILES string of the molecule is CCNC(=O)c1c(O)c2ccccc2c2nc3ncccc3nc12. The lowest BCUT2D eigenvalue weighted by Crippen LogP contribution is -2.23. The summed E-state index contributed by atoms with van der Waals surface area (Å²) in [5.41, 5.74) is 2.14. The average molecular weight is 318 g/mol. The van der Waals surface area contributed by atoms with Crippen LogP contribution in [0.1, 0.15) is 17.3 Å². The molecule has 0 saturated heterocycles. The first-order valence-electron chi connectivity index (χ1n) is 7.65. The van der Waals surface area contributed by atoms with E-state index in [9.17, 15) is 9.90 Å². The van der Waals surface area contributed by atoms with Gasteiger partial charge in [0.15, 0.2) is 5.65 Å². The van der Waals surface area contributed by atoms with Gasteiger partial charge in [0.1, 0.15) is 27.9 Å². The van der Waals surface area contributed by atoms with Gasteiger partial charge in [-0.1, -0.05) is 24.3 Å². The number of carbonyl (C=O) groups excluding carboxylic acids is 1. The van der Waals surface area contributed by atoms with E-state index < -0.39 is 0 Å². The van der Waals surface area contributed by atoms with Crippen molar-refractivity contribution < 1.29 is 9.90 Å². The molecule has 6 heteroatoms. The van der Waals surface area contributed by atoms with Gasteiger partial charge in [0.25, 0.3) is 5.91 Å². The van der Waals surface area contributed by atoms with Crippen LogP contribution in [0.4, 0.5) is 0 Å². The van der Waals surface area contributed by atoms with E-state index in [2.05, 4.69) is 20.3 Å². The van der Waals surface area contributed by atoms with Gasteiger partial charge in [-0.05, 0) is 19.1 Å². The number of rotatable bonds is 2. The molecular weight excluding hydrogens is 304 g/mol. The Balaban J connectivity index is 2.23. The Kier molecular flexibility index (Phi) is 3.23. The Morgan fingerprint density at radius 3 is 2.67 bits per heavy atom. The smallest absolute Gasteiger partial charge is 0.257 e. The fourth-order valence-electron chi connectivity index (χ4n) is 2.86. The maximum atomic E-state index is 12.5. The van der Waals surface area contributed by atoms with E-state index in [-0.39, 0.29) is 17.2 Å². The third-order valence-electron chi connectivity index (χ3n) is 3.92.